The number of carbonyl (C=O) groups excluding carboxylic acids is 1. The highest BCUT2D eigenvalue weighted by Gasteiger charge is 2.34. The molecule has 1 aliphatic rings. The van der Waals surface area contributed by atoms with Crippen LogP contribution in [0.15, 0.2) is 23.3 Å². The van der Waals surface area contributed by atoms with E-state index in [-0.39, 0.29) is 11.5 Å². The Bertz CT molecular complexity index is 412. The van der Waals surface area contributed by atoms with E-state index < -0.39 is 11.6 Å². The first-order valence-electron chi connectivity index (χ1n) is 6.69. The van der Waals surface area contributed by atoms with Gasteiger partial charge in [-0.25, -0.2) is 9.59 Å². The van der Waals surface area contributed by atoms with E-state index in [1.165, 1.54) is 6.92 Å². The molecule has 0 atom stereocenters. The maximum atomic E-state index is 11.9. The number of allylic oxidation sites excluding steroid dienone is 1. The molecule has 0 bridgehead atoms. The third kappa shape index (κ3) is 4.23. The molecule has 0 aromatic heterocycles. The van der Waals surface area contributed by atoms with Gasteiger partial charge in [0.2, 0.25) is 0 Å². The molecule has 106 valence electrons. The van der Waals surface area contributed by atoms with Crippen LogP contribution < -0.4 is 0 Å². The molecule has 1 aliphatic carbocycles. The zero-order valence-electron chi connectivity index (χ0n) is 11.9. The van der Waals surface area contributed by atoms with Gasteiger partial charge in [0.15, 0.2) is 0 Å². The Morgan fingerprint density at radius 1 is 1.11 bits per heavy atom. The van der Waals surface area contributed by atoms with Gasteiger partial charge in [-0.1, -0.05) is 12.5 Å². The summed E-state index contributed by atoms with van der Waals surface area (Å²) in [4.78, 5) is 22.9. The number of carbonyl (C=O) groups is 2. The summed E-state index contributed by atoms with van der Waals surface area (Å²) in [5, 5.41) is 9.00. The number of aliphatic carboxylic acids is 1. The average Bonchev–Trinajstić information content (AvgIpc) is 2.38. The van der Waals surface area contributed by atoms with Crippen LogP contribution in [0.25, 0.3) is 0 Å². The molecule has 0 aromatic carbocycles. The van der Waals surface area contributed by atoms with Crippen LogP contribution in [0.3, 0.4) is 0 Å². The highest BCUT2D eigenvalue weighted by molar-refractivity contribution is 5.89. The summed E-state index contributed by atoms with van der Waals surface area (Å²) in [5.41, 5.74) is 0.0291. The van der Waals surface area contributed by atoms with Crippen LogP contribution >= 0.6 is 0 Å². The standard InChI is InChI=1S/C15H22O4/c1-4-11(2)14(18)19-15(8-6-5-7-9-15)10-12(3)13(16)17/h4,10H,5-9H2,1-3H3,(H,16,17). The van der Waals surface area contributed by atoms with Crippen molar-refractivity contribution in [3.8, 4) is 0 Å². The SMILES string of the molecule is CC=C(C)C(=O)OC1(C=C(C)C(=O)O)CCCCC1. The van der Waals surface area contributed by atoms with Gasteiger partial charge in [0.1, 0.15) is 5.60 Å². The lowest BCUT2D eigenvalue weighted by Gasteiger charge is -2.34. The molecule has 1 N–H and O–H groups in total. The Morgan fingerprint density at radius 2 is 1.68 bits per heavy atom. The molecule has 0 amide bonds. The molecule has 0 saturated heterocycles. The number of hydrogen-bond donors (Lipinski definition) is 1. The van der Waals surface area contributed by atoms with E-state index in [1.54, 1.807) is 26.0 Å². The molecule has 19 heavy (non-hydrogen) atoms. The van der Waals surface area contributed by atoms with Crippen molar-refractivity contribution < 1.29 is 19.4 Å². The largest absolute Gasteiger partial charge is 0.478 e. The number of esters is 1. The minimum Gasteiger partial charge on any atom is -0.478 e. The molecule has 0 aromatic rings. The maximum Gasteiger partial charge on any atom is 0.334 e. The van der Waals surface area contributed by atoms with Crippen LogP contribution in [-0.4, -0.2) is 22.6 Å². The Labute approximate surface area is 114 Å². The van der Waals surface area contributed by atoms with Gasteiger partial charge in [-0.15, -0.1) is 0 Å². The highest BCUT2D eigenvalue weighted by atomic mass is 16.6. The van der Waals surface area contributed by atoms with Crippen LogP contribution in [0, 0.1) is 0 Å². The predicted molar refractivity (Wildman–Crippen MR) is 72.7 cm³/mol. The fraction of sp³-hybridized carbons (Fsp3) is 0.600. The van der Waals surface area contributed by atoms with E-state index in [1.807, 2.05) is 0 Å². The van der Waals surface area contributed by atoms with Crippen LogP contribution in [0.4, 0.5) is 0 Å². The number of carboxylic acids is 1. The van der Waals surface area contributed by atoms with E-state index in [0.29, 0.717) is 18.4 Å². The van der Waals surface area contributed by atoms with Gasteiger partial charge in [-0.2, -0.15) is 0 Å². The van der Waals surface area contributed by atoms with Crippen LogP contribution in [0.5, 0.6) is 0 Å². The summed E-state index contributed by atoms with van der Waals surface area (Å²) in [6, 6.07) is 0. The lowest BCUT2D eigenvalue weighted by molar-refractivity contribution is -0.153. The minimum absolute atomic E-state index is 0.229. The van der Waals surface area contributed by atoms with E-state index in [4.69, 9.17) is 9.84 Å². The smallest absolute Gasteiger partial charge is 0.334 e. The zero-order valence-corrected chi connectivity index (χ0v) is 11.9. The summed E-state index contributed by atoms with van der Waals surface area (Å²) < 4.78 is 5.61. The van der Waals surface area contributed by atoms with Crippen LogP contribution in [0.2, 0.25) is 0 Å². The van der Waals surface area contributed by atoms with E-state index in [2.05, 4.69) is 0 Å². The van der Waals surface area contributed by atoms with Gasteiger partial charge >= 0.3 is 11.9 Å². The Balaban J connectivity index is 2.97. The second-order valence-electron chi connectivity index (χ2n) is 5.12. The van der Waals surface area contributed by atoms with Crippen LogP contribution in [-0.2, 0) is 14.3 Å². The molecule has 0 radical (unpaired) electrons. The van der Waals surface area contributed by atoms with Gasteiger partial charge in [-0.3, -0.25) is 0 Å². The monoisotopic (exact) mass is 266 g/mol. The fourth-order valence-corrected chi connectivity index (χ4v) is 2.27. The zero-order chi connectivity index (χ0) is 14.5. The first-order chi connectivity index (χ1) is 8.90. The Morgan fingerprint density at radius 3 is 2.16 bits per heavy atom. The molecular formula is C15H22O4. The molecular weight excluding hydrogens is 244 g/mol. The van der Waals surface area contributed by atoms with Crippen molar-refractivity contribution in [3.63, 3.8) is 0 Å². The Hall–Kier alpha value is -1.58. The second kappa shape index (κ2) is 6.55. The normalized spacial score (nSPS) is 19.9. The molecule has 4 heteroatoms. The first-order valence-corrected chi connectivity index (χ1v) is 6.69. The van der Waals surface area contributed by atoms with Crippen molar-refractivity contribution in [3.05, 3.63) is 23.3 Å². The number of carboxylic acid groups (broad SMARTS) is 1. The lowest BCUT2D eigenvalue weighted by Crippen LogP contribution is -2.36. The minimum atomic E-state index is -0.969. The van der Waals surface area contributed by atoms with Gasteiger partial charge in [-0.05, 0) is 52.5 Å². The van der Waals surface area contributed by atoms with E-state index in [0.717, 1.165) is 19.3 Å². The molecule has 1 saturated carbocycles. The van der Waals surface area contributed by atoms with Crippen molar-refractivity contribution in [1.29, 1.82) is 0 Å². The summed E-state index contributed by atoms with van der Waals surface area (Å²) in [6.07, 6.45) is 7.70. The number of hydrogen-bond acceptors (Lipinski definition) is 3. The van der Waals surface area contributed by atoms with Crippen LogP contribution in [0.1, 0.15) is 52.9 Å². The Kier molecular flexibility index (Phi) is 5.33. The number of rotatable bonds is 4. The molecule has 1 rings (SSSR count). The molecule has 0 aliphatic heterocycles. The highest BCUT2D eigenvalue weighted by Crippen LogP contribution is 2.34. The summed E-state index contributed by atoms with van der Waals surface area (Å²) in [6.45, 7) is 5.02. The molecule has 4 nitrogen and oxygen atoms in total. The third-order valence-electron chi connectivity index (χ3n) is 3.57. The third-order valence-corrected chi connectivity index (χ3v) is 3.57. The lowest BCUT2D eigenvalue weighted by atomic mass is 9.83. The van der Waals surface area contributed by atoms with Gasteiger partial charge < -0.3 is 9.84 Å². The summed E-state index contributed by atoms with van der Waals surface area (Å²) in [5.74, 6) is -1.33. The van der Waals surface area contributed by atoms with Crippen molar-refractivity contribution in [2.24, 2.45) is 0 Å². The first kappa shape index (κ1) is 15.5. The van der Waals surface area contributed by atoms with E-state index in [9.17, 15) is 9.59 Å². The van der Waals surface area contributed by atoms with E-state index >= 15 is 0 Å². The fourth-order valence-electron chi connectivity index (χ4n) is 2.27. The van der Waals surface area contributed by atoms with Gasteiger partial charge in [0, 0.05) is 11.1 Å². The quantitative estimate of drug-likeness (QED) is 0.626. The molecule has 0 unspecified atom stereocenters. The second-order valence-corrected chi connectivity index (χ2v) is 5.12. The van der Waals surface area contributed by atoms with Crippen molar-refractivity contribution in [2.45, 2.75) is 58.5 Å². The molecule has 0 spiro atoms. The number of ether oxygens (including phenoxy) is 1. The van der Waals surface area contributed by atoms with Crippen molar-refractivity contribution in [2.75, 3.05) is 0 Å². The maximum absolute atomic E-state index is 11.9. The predicted octanol–water partition coefficient (Wildman–Crippen LogP) is 3.23. The van der Waals surface area contributed by atoms with Crippen molar-refractivity contribution >= 4 is 11.9 Å². The van der Waals surface area contributed by atoms with Gasteiger partial charge in [0.25, 0.3) is 0 Å². The molecule has 1 fully saturated rings. The van der Waals surface area contributed by atoms with Crippen molar-refractivity contribution in [1.82, 2.24) is 0 Å². The average molecular weight is 266 g/mol. The summed E-state index contributed by atoms with van der Waals surface area (Å²) in [7, 11) is 0. The summed E-state index contributed by atoms with van der Waals surface area (Å²) >= 11 is 0. The van der Waals surface area contributed by atoms with Gasteiger partial charge in [0.05, 0.1) is 0 Å². The topological polar surface area (TPSA) is 63.6 Å². The molecule has 0 heterocycles.